The Kier molecular flexibility index (Phi) is 11.1. The molecule has 0 saturated carbocycles. The van der Waals surface area contributed by atoms with E-state index in [1.807, 2.05) is 24.3 Å². The van der Waals surface area contributed by atoms with E-state index in [-0.39, 0.29) is 36.5 Å². The molecule has 0 unspecified atom stereocenters. The van der Waals surface area contributed by atoms with E-state index >= 15 is 0 Å². The molecule has 0 aliphatic carbocycles. The van der Waals surface area contributed by atoms with Gasteiger partial charge in [0.2, 0.25) is 0 Å². The number of aliphatic imine (C=N–C) groups is 1. The lowest BCUT2D eigenvalue weighted by atomic mass is 10.2. The minimum absolute atomic E-state index is 0. The van der Waals surface area contributed by atoms with Crippen LogP contribution in [0.4, 0.5) is 5.69 Å². The van der Waals surface area contributed by atoms with Crippen molar-refractivity contribution in [2.24, 2.45) is 4.99 Å². The molecular formula is C19H31IN4O2. The lowest BCUT2D eigenvalue weighted by molar-refractivity contribution is -0.121. The molecule has 2 rings (SSSR count). The van der Waals surface area contributed by atoms with E-state index in [1.54, 1.807) is 4.90 Å². The molecule has 6 nitrogen and oxygen atoms in total. The Balaban J connectivity index is 0.00000338. The molecule has 2 N–H and O–H groups in total. The summed E-state index contributed by atoms with van der Waals surface area (Å²) in [6, 6.07) is 7.67. The summed E-state index contributed by atoms with van der Waals surface area (Å²) < 4.78 is 5.47. The average molecular weight is 474 g/mol. The number of ether oxygens (including phenoxy) is 1. The number of carbonyl (C=O) groups excluding carboxylic acids is 1. The molecule has 0 radical (unpaired) electrons. The van der Waals surface area contributed by atoms with Crippen molar-refractivity contribution < 1.29 is 9.53 Å². The van der Waals surface area contributed by atoms with Gasteiger partial charge in [-0.3, -0.25) is 9.79 Å². The SMILES string of the molecule is CCCCCNC(=NCCCN1C(=O)COc2ccccc21)NCC.I. The first kappa shape index (κ1) is 22.5. The first-order valence-electron chi connectivity index (χ1n) is 9.30. The van der Waals surface area contributed by atoms with E-state index in [1.165, 1.54) is 12.8 Å². The van der Waals surface area contributed by atoms with Crippen LogP contribution in [-0.2, 0) is 4.79 Å². The number of unbranched alkanes of at least 4 members (excludes halogenated alkanes) is 2. The molecule has 26 heavy (non-hydrogen) atoms. The molecule has 0 fully saturated rings. The second-order valence-electron chi connectivity index (χ2n) is 6.05. The molecule has 0 atom stereocenters. The number of para-hydroxylation sites is 2. The third-order valence-corrected chi connectivity index (χ3v) is 4.04. The molecule has 0 aromatic heterocycles. The van der Waals surface area contributed by atoms with Gasteiger partial charge >= 0.3 is 0 Å². The van der Waals surface area contributed by atoms with Gasteiger partial charge in [-0.2, -0.15) is 0 Å². The standard InChI is InChI=1S/C19H30N4O2.HI/c1-3-5-8-12-21-19(20-4-2)22-13-9-14-23-16-10-6-7-11-17(16)25-15-18(23)24;/h6-7,10-11H,3-5,8-9,12-15H2,1-2H3,(H2,20,21,22);1H. The predicted octanol–water partition coefficient (Wildman–Crippen LogP) is 3.17. The maximum atomic E-state index is 12.1. The zero-order chi connectivity index (χ0) is 17.9. The van der Waals surface area contributed by atoms with Crippen LogP contribution in [0.3, 0.4) is 0 Å². The molecule has 7 heteroatoms. The maximum absolute atomic E-state index is 12.1. The number of carbonyl (C=O) groups is 1. The predicted molar refractivity (Wildman–Crippen MR) is 118 cm³/mol. The fraction of sp³-hybridized carbons (Fsp3) is 0.579. The zero-order valence-corrected chi connectivity index (χ0v) is 18.1. The molecule has 0 saturated heterocycles. The highest BCUT2D eigenvalue weighted by Crippen LogP contribution is 2.31. The van der Waals surface area contributed by atoms with Gasteiger partial charge in [0.05, 0.1) is 5.69 Å². The van der Waals surface area contributed by atoms with Crippen LogP contribution in [0.5, 0.6) is 5.75 Å². The van der Waals surface area contributed by atoms with Gasteiger partial charge in [-0.1, -0.05) is 31.9 Å². The smallest absolute Gasteiger partial charge is 0.265 e. The molecule has 1 aliphatic heterocycles. The number of nitrogens with one attached hydrogen (secondary N) is 2. The number of anilines is 1. The fourth-order valence-electron chi connectivity index (χ4n) is 2.74. The molecule has 1 heterocycles. The largest absolute Gasteiger partial charge is 0.482 e. The summed E-state index contributed by atoms with van der Waals surface area (Å²) >= 11 is 0. The Hall–Kier alpha value is -1.51. The van der Waals surface area contributed by atoms with E-state index in [9.17, 15) is 4.79 Å². The third kappa shape index (κ3) is 7.01. The van der Waals surface area contributed by atoms with Gasteiger partial charge < -0.3 is 20.3 Å². The zero-order valence-electron chi connectivity index (χ0n) is 15.8. The van der Waals surface area contributed by atoms with Crippen LogP contribution in [0.2, 0.25) is 0 Å². The third-order valence-electron chi connectivity index (χ3n) is 4.04. The van der Waals surface area contributed by atoms with E-state index in [0.717, 1.165) is 43.3 Å². The van der Waals surface area contributed by atoms with Crippen LogP contribution >= 0.6 is 24.0 Å². The van der Waals surface area contributed by atoms with Crippen molar-refractivity contribution in [3.63, 3.8) is 0 Å². The van der Waals surface area contributed by atoms with E-state index in [4.69, 9.17) is 4.74 Å². The molecular weight excluding hydrogens is 443 g/mol. The maximum Gasteiger partial charge on any atom is 0.265 e. The summed E-state index contributed by atoms with van der Waals surface area (Å²) in [7, 11) is 0. The number of hydrogen-bond acceptors (Lipinski definition) is 3. The molecule has 0 spiro atoms. The fourth-order valence-corrected chi connectivity index (χ4v) is 2.74. The van der Waals surface area contributed by atoms with Crippen LogP contribution < -0.4 is 20.3 Å². The quantitative estimate of drug-likeness (QED) is 0.250. The van der Waals surface area contributed by atoms with Gasteiger partial charge in [0, 0.05) is 26.2 Å². The van der Waals surface area contributed by atoms with Crippen molar-refractivity contribution >= 4 is 41.5 Å². The van der Waals surface area contributed by atoms with Crippen molar-refractivity contribution in [2.75, 3.05) is 37.7 Å². The topological polar surface area (TPSA) is 66.0 Å². The Labute approximate surface area is 173 Å². The van der Waals surface area contributed by atoms with Gasteiger partial charge in [-0.25, -0.2) is 0 Å². The van der Waals surface area contributed by atoms with E-state index < -0.39 is 0 Å². The lowest BCUT2D eigenvalue weighted by Gasteiger charge is -2.29. The molecule has 1 aromatic carbocycles. The number of benzene rings is 1. The summed E-state index contributed by atoms with van der Waals surface area (Å²) in [5.41, 5.74) is 0.854. The van der Waals surface area contributed by atoms with Gasteiger partial charge in [0.1, 0.15) is 5.75 Å². The van der Waals surface area contributed by atoms with Crippen molar-refractivity contribution in [3.05, 3.63) is 24.3 Å². The Morgan fingerprint density at radius 2 is 2.00 bits per heavy atom. The highest BCUT2D eigenvalue weighted by molar-refractivity contribution is 14.0. The summed E-state index contributed by atoms with van der Waals surface area (Å²) in [6.45, 7) is 7.48. The second-order valence-corrected chi connectivity index (χ2v) is 6.05. The van der Waals surface area contributed by atoms with Crippen LogP contribution in [0.1, 0.15) is 39.5 Å². The molecule has 1 aromatic rings. The number of nitrogens with zero attached hydrogens (tertiary/aromatic N) is 2. The van der Waals surface area contributed by atoms with Crippen molar-refractivity contribution in [1.29, 1.82) is 0 Å². The number of amides is 1. The van der Waals surface area contributed by atoms with Crippen molar-refractivity contribution in [1.82, 2.24) is 10.6 Å². The number of fused-ring (bicyclic) bond motifs is 1. The molecule has 1 aliphatic rings. The first-order chi connectivity index (χ1) is 12.3. The molecule has 1 amide bonds. The van der Waals surface area contributed by atoms with Crippen molar-refractivity contribution in [2.45, 2.75) is 39.5 Å². The normalized spacial score (nSPS) is 13.5. The second kappa shape index (κ2) is 12.8. The van der Waals surface area contributed by atoms with Gasteiger partial charge in [0.15, 0.2) is 12.6 Å². The first-order valence-corrected chi connectivity index (χ1v) is 9.30. The number of hydrogen-bond donors (Lipinski definition) is 2. The van der Waals surface area contributed by atoms with Gasteiger partial charge in [-0.05, 0) is 31.9 Å². The van der Waals surface area contributed by atoms with E-state index in [2.05, 4.69) is 29.5 Å². The Bertz CT molecular complexity index is 580. The van der Waals surface area contributed by atoms with Gasteiger partial charge in [0.25, 0.3) is 5.91 Å². The van der Waals surface area contributed by atoms with Crippen molar-refractivity contribution in [3.8, 4) is 5.75 Å². The van der Waals surface area contributed by atoms with Crippen LogP contribution in [0, 0.1) is 0 Å². The Morgan fingerprint density at radius 3 is 2.77 bits per heavy atom. The van der Waals surface area contributed by atoms with Gasteiger partial charge in [-0.15, -0.1) is 24.0 Å². The monoisotopic (exact) mass is 474 g/mol. The molecule has 146 valence electrons. The minimum atomic E-state index is 0. The van der Waals surface area contributed by atoms with E-state index in [0.29, 0.717) is 13.1 Å². The summed E-state index contributed by atoms with van der Waals surface area (Å²) in [4.78, 5) is 18.5. The lowest BCUT2D eigenvalue weighted by Crippen LogP contribution is -2.40. The van der Waals surface area contributed by atoms with Crippen LogP contribution in [-0.4, -0.2) is 44.7 Å². The highest BCUT2D eigenvalue weighted by atomic mass is 127. The Morgan fingerprint density at radius 1 is 1.19 bits per heavy atom. The van der Waals surface area contributed by atoms with Crippen LogP contribution in [0.15, 0.2) is 29.3 Å². The highest BCUT2D eigenvalue weighted by Gasteiger charge is 2.24. The number of guanidine groups is 1. The minimum Gasteiger partial charge on any atom is -0.482 e. The number of halogens is 1. The summed E-state index contributed by atoms with van der Waals surface area (Å²) in [6.07, 6.45) is 4.40. The average Bonchev–Trinajstić information content (AvgIpc) is 2.63. The summed E-state index contributed by atoms with van der Waals surface area (Å²) in [5.74, 6) is 1.64. The van der Waals surface area contributed by atoms with Crippen LogP contribution in [0.25, 0.3) is 0 Å². The molecule has 0 bridgehead atoms. The number of rotatable bonds is 9. The summed E-state index contributed by atoms with van der Waals surface area (Å²) in [5, 5.41) is 6.62.